The summed E-state index contributed by atoms with van der Waals surface area (Å²) in [6, 6.07) is 7.43. The third-order valence-corrected chi connectivity index (χ3v) is 4.59. The summed E-state index contributed by atoms with van der Waals surface area (Å²) in [7, 11) is 2.90. The lowest BCUT2D eigenvalue weighted by Gasteiger charge is -2.23. The molecule has 0 fully saturated rings. The first-order valence-electron chi connectivity index (χ1n) is 10.9. The summed E-state index contributed by atoms with van der Waals surface area (Å²) < 4.78 is 9.77. The summed E-state index contributed by atoms with van der Waals surface area (Å²) in [6.45, 7) is 8.58. The maximum atomic E-state index is 13.0. The van der Waals surface area contributed by atoms with Crippen LogP contribution in [0, 0.1) is 5.92 Å². The van der Waals surface area contributed by atoms with Crippen LogP contribution in [-0.2, 0) is 25.7 Å². The summed E-state index contributed by atoms with van der Waals surface area (Å²) in [4.78, 5) is 38.2. The van der Waals surface area contributed by atoms with Crippen LogP contribution in [0.15, 0.2) is 71.9 Å². The molecule has 178 valence electrons. The molecule has 0 radical (unpaired) electrons. The fraction of sp³-hybridized carbons (Fsp3) is 0.370. The number of carbonyl (C=O) groups is 3. The lowest BCUT2D eigenvalue weighted by molar-refractivity contribution is -0.135. The second-order valence-corrected chi connectivity index (χ2v) is 8.12. The van der Waals surface area contributed by atoms with E-state index in [9.17, 15) is 14.4 Å². The van der Waals surface area contributed by atoms with E-state index < -0.39 is 5.97 Å². The number of methoxy groups -OCH3 is 2. The molecule has 0 bridgehead atoms. The van der Waals surface area contributed by atoms with Gasteiger partial charge in [-0.15, -0.1) is 0 Å². The number of ketones is 1. The molecule has 0 aliphatic heterocycles. The van der Waals surface area contributed by atoms with E-state index in [0.29, 0.717) is 19.0 Å². The normalized spacial score (nSPS) is 12.5. The minimum absolute atomic E-state index is 0.215. The molecule has 0 unspecified atom stereocenters. The Morgan fingerprint density at radius 3 is 2.24 bits per heavy atom. The van der Waals surface area contributed by atoms with E-state index >= 15 is 0 Å². The predicted molar refractivity (Wildman–Crippen MR) is 131 cm³/mol. The van der Waals surface area contributed by atoms with Crippen molar-refractivity contribution in [3.8, 4) is 5.75 Å². The Bertz CT molecular complexity index is 920. The smallest absolute Gasteiger partial charge is 0.330 e. The van der Waals surface area contributed by atoms with Gasteiger partial charge in [0, 0.05) is 19.2 Å². The van der Waals surface area contributed by atoms with E-state index in [1.165, 1.54) is 19.3 Å². The van der Waals surface area contributed by atoms with Gasteiger partial charge in [-0.05, 0) is 43.5 Å². The van der Waals surface area contributed by atoms with Crippen LogP contribution >= 0.6 is 0 Å². The van der Waals surface area contributed by atoms with Crippen molar-refractivity contribution in [1.82, 2.24) is 4.90 Å². The maximum Gasteiger partial charge on any atom is 0.330 e. The van der Waals surface area contributed by atoms with Gasteiger partial charge >= 0.3 is 5.97 Å². The number of ether oxygens (including phenoxy) is 2. The monoisotopic (exact) mass is 453 g/mol. The Hall–Kier alpha value is -3.41. The van der Waals surface area contributed by atoms with Gasteiger partial charge in [-0.2, -0.15) is 0 Å². The highest BCUT2D eigenvalue weighted by molar-refractivity contribution is 6.03. The number of nitrogens with zero attached hydrogens (tertiary/aromatic N) is 1. The molecule has 1 aromatic carbocycles. The second kappa shape index (κ2) is 14.6. The topological polar surface area (TPSA) is 72.9 Å². The van der Waals surface area contributed by atoms with Gasteiger partial charge in [0.05, 0.1) is 20.6 Å². The van der Waals surface area contributed by atoms with Gasteiger partial charge in [0.1, 0.15) is 5.75 Å². The summed E-state index contributed by atoms with van der Waals surface area (Å²) in [5, 5.41) is 0. The molecule has 33 heavy (non-hydrogen) atoms. The molecule has 0 saturated heterocycles. The summed E-state index contributed by atoms with van der Waals surface area (Å²) in [5.41, 5.74) is 2.76. The average molecular weight is 454 g/mol. The van der Waals surface area contributed by atoms with Crippen LogP contribution in [0.25, 0.3) is 0 Å². The first kappa shape index (κ1) is 27.6. The molecule has 6 nitrogen and oxygen atoms in total. The number of benzene rings is 1. The fourth-order valence-electron chi connectivity index (χ4n) is 3.02. The van der Waals surface area contributed by atoms with Gasteiger partial charge in [0.15, 0.2) is 5.78 Å². The van der Waals surface area contributed by atoms with E-state index in [2.05, 4.69) is 24.7 Å². The largest absolute Gasteiger partial charge is 0.497 e. The van der Waals surface area contributed by atoms with Gasteiger partial charge in [-0.1, -0.05) is 61.4 Å². The Morgan fingerprint density at radius 1 is 1.00 bits per heavy atom. The zero-order chi connectivity index (χ0) is 24.8. The SMILES string of the molecule is COC(=O)/C=C/C=C(/C)CN(Cc1ccc(OC)cc1)C(=O)CC(=O)/C=C/C(C)=C/C(C)C. The standard InChI is InChI=1S/C27H35NO5/c1-20(2)16-21(3)10-13-24(29)17-26(30)28(18-22(4)8-7-9-27(31)33-6)19-23-11-14-25(32-5)15-12-23/h7-16,20H,17-19H2,1-6H3/b9-7+,13-10+,21-16+,22-8-. The van der Waals surface area contributed by atoms with E-state index in [0.717, 1.165) is 22.5 Å². The Labute approximate surface area is 197 Å². The van der Waals surface area contributed by atoms with Crippen LogP contribution in [0.4, 0.5) is 0 Å². The minimum atomic E-state index is -0.454. The van der Waals surface area contributed by atoms with Crippen molar-refractivity contribution >= 4 is 17.7 Å². The number of allylic oxidation sites excluding steroid dienone is 6. The van der Waals surface area contributed by atoms with Crippen LogP contribution in [0.3, 0.4) is 0 Å². The number of carbonyl (C=O) groups excluding carboxylic acids is 3. The highest BCUT2D eigenvalue weighted by Gasteiger charge is 2.17. The van der Waals surface area contributed by atoms with Gasteiger partial charge in [0.2, 0.25) is 5.91 Å². The molecule has 0 aliphatic rings. The van der Waals surface area contributed by atoms with Gasteiger partial charge in [-0.3, -0.25) is 9.59 Å². The number of amides is 1. The fourth-order valence-corrected chi connectivity index (χ4v) is 3.02. The molecule has 0 atom stereocenters. The van der Waals surface area contributed by atoms with Gasteiger partial charge in [-0.25, -0.2) is 4.79 Å². The lowest BCUT2D eigenvalue weighted by atomic mass is 10.1. The molecular formula is C27H35NO5. The average Bonchev–Trinajstić information content (AvgIpc) is 2.77. The maximum absolute atomic E-state index is 13.0. The molecule has 1 aromatic rings. The molecule has 1 rings (SSSR count). The Balaban J connectivity index is 2.97. The van der Waals surface area contributed by atoms with Crippen molar-refractivity contribution in [2.75, 3.05) is 20.8 Å². The predicted octanol–water partition coefficient (Wildman–Crippen LogP) is 4.82. The van der Waals surface area contributed by atoms with Crippen molar-refractivity contribution in [2.24, 2.45) is 5.92 Å². The third-order valence-electron chi connectivity index (χ3n) is 4.59. The van der Waals surface area contributed by atoms with Crippen molar-refractivity contribution in [3.63, 3.8) is 0 Å². The zero-order valence-electron chi connectivity index (χ0n) is 20.5. The molecule has 0 aliphatic carbocycles. The molecule has 0 N–H and O–H groups in total. The highest BCUT2D eigenvalue weighted by Crippen LogP contribution is 2.15. The summed E-state index contributed by atoms with van der Waals surface area (Å²) in [6.07, 6.45) is 9.67. The van der Waals surface area contributed by atoms with Gasteiger partial charge < -0.3 is 14.4 Å². The molecule has 1 amide bonds. The Kier molecular flexibility index (Phi) is 12.2. The summed E-state index contributed by atoms with van der Waals surface area (Å²) in [5.74, 6) is 0.142. The van der Waals surface area contributed by atoms with Crippen LogP contribution < -0.4 is 4.74 Å². The van der Waals surface area contributed by atoms with E-state index in [1.54, 1.807) is 30.2 Å². The molecule has 6 heteroatoms. The molecule has 0 heterocycles. The second-order valence-electron chi connectivity index (χ2n) is 8.12. The van der Waals surface area contributed by atoms with Crippen molar-refractivity contribution < 1.29 is 23.9 Å². The third kappa shape index (κ3) is 11.7. The number of rotatable bonds is 12. The quantitative estimate of drug-likeness (QED) is 0.196. The number of hydrogen-bond donors (Lipinski definition) is 0. The van der Waals surface area contributed by atoms with Crippen molar-refractivity contribution in [2.45, 2.75) is 40.7 Å². The molecular weight excluding hydrogens is 418 g/mol. The lowest BCUT2D eigenvalue weighted by Crippen LogP contribution is -2.33. The van der Waals surface area contributed by atoms with Crippen LogP contribution in [0.1, 0.15) is 39.7 Å². The van der Waals surface area contributed by atoms with E-state index in [-0.39, 0.29) is 18.1 Å². The highest BCUT2D eigenvalue weighted by atomic mass is 16.5. The number of hydrogen-bond acceptors (Lipinski definition) is 5. The summed E-state index contributed by atoms with van der Waals surface area (Å²) >= 11 is 0. The van der Waals surface area contributed by atoms with E-state index in [4.69, 9.17) is 4.74 Å². The Morgan fingerprint density at radius 2 is 1.67 bits per heavy atom. The van der Waals surface area contributed by atoms with E-state index in [1.807, 2.05) is 38.1 Å². The zero-order valence-corrected chi connectivity index (χ0v) is 20.5. The van der Waals surface area contributed by atoms with Crippen LogP contribution in [0.5, 0.6) is 5.75 Å². The minimum Gasteiger partial charge on any atom is -0.497 e. The van der Waals surface area contributed by atoms with Crippen molar-refractivity contribution in [1.29, 1.82) is 0 Å². The van der Waals surface area contributed by atoms with Crippen LogP contribution in [0.2, 0.25) is 0 Å². The first-order chi connectivity index (χ1) is 15.6. The number of esters is 1. The van der Waals surface area contributed by atoms with Gasteiger partial charge in [0.25, 0.3) is 0 Å². The van der Waals surface area contributed by atoms with Crippen LogP contribution in [-0.4, -0.2) is 43.3 Å². The van der Waals surface area contributed by atoms with Crippen molar-refractivity contribution in [3.05, 3.63) is 77.4 Å². The molecule has 0 saturated carbocycles. The molecule has 0 aromatic heterocycles. The molecule has 0 spiro atoms. The first-order valence-corrected chi connectivity index (χ1v) is 10.9.